The largest absolute Gasteiger partial charge is 0.416 e. The van der Waals surface area contributed by atoms with Crippen LogP contribution in [0, 0.1) is 13.8 Å². The summed E-state index contributed by atoms with van der Waals surface area (Å²) in [6.45, 7) is 6.33. The maximum atomic E-state index is 13.1. The second-order valence-corrected chi connectivity index (χ2v) is 7.84. The van der Waals surface area contributed by atoms with Crippen molar-refractivity contribution < 1.29 is 22.7 Å². The highest BCUT2D eigenvalue weighted by atomic mass is 19.4. The molecule has 1 N–H and O–H groups in total. The summed E-state index contributed by atoms with van der Waals surface area (Å²) in [7, 11) is 0. The van der Waals surface area contributed by atoms with E-state index < -0.39 is 11.7 Å². The van der Waals surface area contributed by atoms with Crippen LogP contribution in [0.2, 0.25) is 0 Å². The highest BCUT2D eigenvalue weighted by Crippen LogP contribution is 2.31. The van der Waals surface area contributed by atoms with Gasteiger partial charge in [-0.3, -0.25) is 4.79 Å². The number of ether oxygens (including phenoxy) is 1. The molecule has 1 fully saturated rings. The number of hydrogen-bond donors (Lipinski definition) is 1. The van der Waals surface area contributed by atoms with E-state index in [1.807, 2.05) is 6.07 Å². The number of aryl methyl sites for hydroxylation is 1. The zero-order chi connectivity index (χ0) is 23.6. The van der Waals surface area contributed by atoms with Gasteiger partial charge >= 0.3 is 6.18 Å². The fraction of sp³-hybridized carbons (Fsp3) is 0.348. The van der Waals surface area contributed by atoms with Crippen molar-refractivity contribution >= 4 is 17.4 Å². The van der Waals surface area contributed by atoms with Crippen LogP contribution in [-0.2, 0) is 22.1 Å². The van der Waals surface area contributed by atoms with E-state index in [0.29, 0.717) is 41.5 Å². The summed E-state index contributed by atoms with van der Waals surface area (Å²) in [6, 6.07) is 8.60. The molecule has 10 heteroatoms. The van der Waals surface area contributed by atoms with Crippen molar-refractivity contribution in [3.05, 3.63) is 65.1 Å². The first kappa shape index (κ1) is 22.8. The Bertz CT molecular complexity index is 1140. The van der Waals surface area contributed by atoms with E-state index in [-0.39, 0.29) is 12.3 Å². The minimum atomic E-state index is -4.44. The molecule has 1 aliphatic heterocycles. The standard InChI is InChI=1S/C23H24F3N5O2/c1-15-20(16(2)31(29-15)19-5-3-4-17(12-19)23(24,25)26)13-22(32)28-18-6-7-21(27-14-18)30-8-10-33-11-9-30/h3-7,12,14H,8-11,13H2,1-2H3,(H,28,32). The van der Waals surface area contributed by atoms with E-state index in [1.165, 1.54) is 10.7 Å². The molecule has 0 spiro atoms. The predicted molar refractivity (Wildman–Crippen MR) is 118 cm³/mol. The number of rotatable bonds is 5. The van der Waals surface area contributed by atoms with E-state index in [9.17, 15) is 18.0 Å². The topological polar surface area (TPSA) is 72.3 Å². The Labute approximate surface area is 189 Å². The van der Waals surface area contributed by atoms with Gasteiger partial charge in [-0.25, -0.2) is 9.67 Å². The molecule has 7 nitrogen and oxygen atoms in total. The Morgan fingerprint density at radius 2 is 1.91 bits per heavy atom. The summed E-state index contributed by atoms with van der Waals surface area (Å²) in [5.74, 6) is 0.566. The van der Waals surface area contributed by atoms with Crippen LogP contribution in [-0.4, -0.2) is 47.0 Å². The molecule has 2 aromatic heterocycles. The molecular formula is C23H24F3N5O2. The zero-order valence-electron chi connectivity index (χ0n) is 18.3. The third-order valence-electron chi connectivity index (χ3n) is 5.56. The molecule has 0 atom stereocenters. The molecule has 1 amide bonds. The van der Waals surface area contributed by atoms with E-state index in [0.717, 1.165) is 31.0 Å². The maximum Gasteiger partial charge on any atom is 0.416 e. The van der Waals surface area contributed by atoms with Crippen molar-refractivity contribution in [2.24, 2.45) is 0 Å². The molecule has 0 saturated carbocycles. The monoisotopic (exact) mass is 459 g/mol. The molecule has 0 aliphatic carbocycles. The van der Waals surface area contributed by atoms with Crippen molar-refractivity contribution in [1.29, 1.82) is 0 Å². The van der Waals surface area contributed by atoms with Crippen molar-refractivity contribution in [3.8, 4) is 5.69 Å². The minimum absolute atomic E-state index is 0.0435. The maximum absolute atomic E-state index is 13.1. The second kappa shape index (κ2) is 9.22. The van der Waals surface area contributed by atoms with Crippen LogP contribution < -0.4 is 10.2 Å². The molecule has 3 heterocycles. The summed E-state index contributed by atoms with van der Waals surface area (Å²) < 4.78 is 46.0. The molecule has 0 unspecified atom stereocenters. The van der Waals surface area contributed by atoms with Crippen LogP contribution in [0.5, 0.6) is 0 Å². The molecule has 1 aliphatic rings. The number of hydrogen-bond acceptors (Lipinski definition) is 5. The molecule has 33 heavy (non-hydrogen) atoms. The molecule has 3 aromatic rings. The Morgan fingerprint density at radius 3 is 2.58 bits per heavy atom. The molecule has 0 bridgehead atoms. The van der Waals surface area contributed by atoms with Crippen molar-refractivity contribution in [2.45, 2.75) is 26.4 Å². The Hall–Kier alpha value is -3.40. The number of anilines is 2. The van der Waals surface area contributed by atoms with Gasteiger partial charge in [0.25, 0.3) is 0 Å². The first-order valence-corrected chi connectivity index (χ1v) is 10.5. The van der Waals surface area contributed by atoms with Gasteiger partial charge in [-0.1, -0.05) is 6.07 Å². The van der Waals surface area contributed by atoms with Gasteiger partial charge in [-0.05, 0) is 44.2 Å². The first-order valence-electron chi connectivity index (χ1n) is 10.5. The Morgan fingerprint density at radius 1 is 1.15 bits per heavy atom. The lowest BCUT2D eigenvalue weighted by atomic mass is 10.1. The summed E-state index contributed by atoms with van der Waals surface area (Å²) in [5.41, 5.74) is 1.98. The van der Waals surface area contributed by atoms with Gasteiger partial charge < -0.3 is 15.0 Å². The molecule has 0 radical (unpaired) electrons. The number of alkyl halides is 3. The van der Waals surface area contributed by atoms with Gasteiger partial charge in [0.15, 0.2) is 0 Å². The first-order chi connectivity index (χ1) is 15.7. The SMILES string of the molecule is Cc1nn(-c2cccc(C(F)(F)F)c2)c(C)c1CC(=O)Nc1ccc(N2CCOCC2)nc1. The highest BCUT2D eigenvalue weighted by molar-refractivity contribution is 5.92. The number of pyridine rings is 1. The lowest BCUT2D eigenvalue weighted by molar-refractivity contribution is -0.137. The van der Waals surface area contributed by atoms with Gasteiger partial charge in [0.1, 0.15) is 5.82 Å². The number of nitrogens with one attached hydrogen (secondary N) is 1. The number of nitrogens with zero attached hydrogens (tertiary/aromatic N) is 4. The highest BCUT2D eigenvalue weighted by Gasteiger charge is 2.30. The van der Waals surface area contributed by atoms with Crippen LogP contribution in [0.15, 0.2) is 42.6 Å². The lowest BCUT2D eigenvalue weighted by Crippen LogP contribution is -2.36. The van der Waals surface area contributed by atoms with Gasteiger partial charge in [0, 0.05) is 24.3 Å². The van der Waals surface area contributed by atoms with Crippen molar-refractivity contribution in [3.63, 3.8) is 0 Å². The molecular weight excluding hydrogens is 435 g/mol. The molecule has 1 saturated heterocycles. The van der Waals surface area contributed by atoms with Crippen molar-refractivity contribution in [2.75, 3.05) is 36.5 Å². The zero-order valence-corrected chi connectivity index (χ0v) is 18.3. The Kier molecular flexibility index (Phi) is 6.37. The average molecular weight is 459 g/mol. The fourth-order valence-corrected chi connectivity index (χ4v) is 3.80. The fourth-order valence-electron chi connectivity index (χ4n) is 3.80. The number of carbonyl (C=O) groups excluding carboxylic acids is 1. The number of morpholine rings is 1. The number of benzene rings is 1. The van der Waals surface area contributed by atoms with Crippen LogP contribution in [0.3, 0.4) is 0 Å². The summed E-state index contributed by atoms with van der Waals surface area (Å²) in [5, 5.41) is 7.19. The lowest BCUT2D eigenvalue weighted by Gasteiger charge is -2.27. The van der Waals surface area contributed by atoms with Gasteiger partial charge in [-0.15, -0.1) is 0 Å². The predicted octanol–water partition coefficient (Wildman–Crippen LogP) is 3.92. The van der Waals surface area contributed by atoms with E-state index in [4.69, 9.17) is 4.74 Å². The molecule has 4 rings (SSSR count). The van der Waals surface area contributed by atoms with Gasteiger partial charge in [0.05, 0.1) is 48.5 Å². The third-order valence-corrected chi connectivity index (χ3v) is 5.56. The number of aromatic nitrogens is 3. The summed E-state index contributed by atoms with van der Waals surface area (Å²) >= 11 is 0. The van der Waals surface area contributed by atoms with E-state index in [1.54, 1.807) is 32.2 Å². The van der Waals surface area contributed by atoms with Gasteiger partial charge in [0.2, 0.25) is 5.91 Å². The third kappa shape index (κ3) is 5.16. The van der Waals surface area contributed by atoms with E-state index >= 15 is 0 Å². The van der Waals surface area contributed by atoms with Crippen LogP contribution in [0.1, 0.15) is 22.5 Å². The normalized spacial score (nSPS) is 14.4. The van der Waals surface area contributed by atoms with E-state index in [2.05, 4.69) is 20.3 Å². The van der Waals surface area contributed by atoms with Crippen LogP contribution >= 0.6 is 0 Å². The summed E-state index contributed by atoms with van der Waals surface area (Å²) in [4.78, 5) is 19.2. The average Bonchev–Trinajstić information content (AvgIpc) is 3.08. The van der Waals surface area contributed by atoms with Crippen LogP contribution in [0.25, 0.3) is 5.69 Å². The Balaban J connectivity index is 1.46. The summed E-state index contributed by atoms with van der Waals surface area (Å²) in [6.07, 6.45) is -2.80. The van der Waals surface area contributed by atoms with Gasteiger partial charge in [-0.2, -0.15) is 18.3 Å². The molecule has 174 valence electrons. The smallest absolute Gasteiger partial charge is 0.378 e. The number of amides is 1. The molecule has 1 aromatic carbocycles. The van der Waals surface area contributed by atoms with Crippen LogP contribution in [0.4, 0.5) is 24.7 Å². The number of halogens is 3. The van der Waals surface area contributed by atoms with Crippen molar-refractivity contribution in [1.82, 2.24) is 14.8 Å². The second-order valence-electron chi connectivity index (χ2n) is 7.84. The quantitative estimate of drug-likeness (QED) is 0.626. The minimum Gasteiger partial charge on any atom is -0.378 e. The number of carbonyl (C=O) groups is 1.